The molecule has 0 amide bonds. The molecule has 1 N–H and O–H groups in total. The maximum Gasteiger partial charge on any atom is 0.356 e. The first-order chi connectivity index (χ1) is 9.15. The van der Waals surface area contributed by atoms with Crippen LogP contribution in [-0.2, 0) is 0 Å². The van der Waals surface area contributed by atoms with Crippen LogP contribution in [-0.4, -0.2) is 16.1 Å². The van der Waals surface area contributed by atoms with Gasteiger partial charge < -0.3 is 5.11 Å². The van der Waals surface area contributed by atoms with E-state index in [1.54, 1.807) is 0 Å². The fraction of sp³-hybridized carbons (Fsp3) is 0. The van der Waals surface area contributed by atoms with Crippen molar-refractivity contribution in [1.29, 1.82) is 0 Å². The third-order valence-corrected chi connectivity index (χ3v) is 4.37. The van der Waals surface area contributed by atoms with Crippen molar-refractivity contribution in [1.82, 2.24) is 4.98 Å². The maximum atomic E-state index is 11.2. The van der Waals surface area contributed by atoms with Crippen LogP contribution in [0.1, 0.15) is 10.5 Å². The highest BCUT2D eigenvalue weighted by molar-refractivity contribution is 9.11. The first kappa shape index (κ1) is 12.3. The molecule has 0 saturated heterocycles. The molecule has 3 aromatic rings. The van der Waals surface area contributed by atoms with Crippen LogP contribution in [0.2, 0.25) is 0 Å². The molecule has 0 spiro atoms. The van der Waals surface area contributed by atoms with E-state index >= 15 is 0 Å². The SMILES string of the molecule is O=C(O)c1nc(Br)sc1-c1ccc2ccccc2c1. The molecular weight excluding hydrogens is 326 g/mol. The Kier molecular flexibility index (Phi) is 3.08. The zero-order valence-corrected chi connectivity index (χ0v) is 12.0. The molecule has 0 aliphatic carbocycles. The van der Waals surface area contributed by atoms with Crippen molar-refractivity contribution in [3.8, 4) is 10.4 Å². The number of aromatic nitrogens is 1. The number of rotatable bonds is 2. The van der Waals surface area contributed by atoms with Crippen LogP contribution in [0.4, 0.5) is 0 Å². The first-order valence-corrected chi connectivity index (χ1v) is 7.15. The van der Waals surface area contributed by atoms with E-state index in [1.165, 1.54) is 11.3 Å². The Labute approximate surface area is 121 Å². The van der Waals surface area contributed by atoms with Crippen LogP contribution >= 0.6 is 27.3 Å². The second kappa shape index (κ2) is 4.75. The van der Waals surface area contributed by atoms with Crippen molar-refractivity contribution in [3.63, 3.8) is 0 Å². The molecule has 2 aromatic carbocycles. The normalized spacial score (nSPS) is 10.8. The van der Waals surface area contributed by atoms with Crippen molar-refractivity contribution in [2.24, 2.45) is 0 Å². The lowest BCUT2D eigenvalue weighted by molar-refractivity contribution is 0.0692. The molecule has 0 fully saturated rings. The van der Waals surface area contributed by atoms with Gasteiger partial charge in [0.2, 0.25) is 0 Å². The van der Waals surface area contributed by atoms with Crippen molar-refractivity contribution in [2.45, 2.75) is 0 Å². The van der Waals surface area contributed by atoms with Gasteiger partial charge >= 0.3 is 5.97 Å². The van der Waals surface area contributed by atoms with E-state index in [0.29, 0.717) is 8.79 Å². The van der Waals surface area contributed by atoms with Crippen molar-refractivity contribution in [2.75, 3.05) is 0 Å². The van der Waals surface area contributed by atoms with E-state index in [9.17, 15) is 9.90 Å². The van der Waals surface area contributed by atoms with Gasteiger partial charge in [0.15, 0.2) is 9.61 Å². The van der Waals surface area contributed by atoms with Gasteiger partial charge in [0.1, 0.15) is 0 Å². The number of aromatic carboxylic acids is 1. The zero-order chi connectivity index (χ0) is 13.4. The van der Waals surface area contributed by atoms with Gasteiger partial charge in [0.05, 0.1) is 4.88 Å². The number of carboxylic acid groups (broad SMARTS) is 1. The monoisotopic (exact) mass is 333 g/mol. The van der Waals surface area contributed by atoms with Gasteiger partial charge in [-0.25, -0.2) is 9.78 Å². The number of benzene rings is 2. The minimum atomic E-state index is -1.01. The highest BCUT2D eigenvalue weighted by Crippen LogP contribution is 2.34. The number of thiazole rings is 1. The molecule has 0 saturated carbocycles. The number of halogens is 1. The van der Waals surface area contributed by atoms with Gasteiger partial charge in [-0.3, -0.25) is 0 Å². The van der Waals surface area contributed by atoms with Crippen LogP contribution in [0.3, 0.4) is 0 Å². The summed E-state index contributed by atoms with van der Waals surface area (Å²) in [5.74, 6) is -1.01. The van der Waals surface area contributed by atoms with E-state index in [2.05, 4.69) is 20.9 Å². The Morgan fingerprint density at radius 3 is 2.63 bits per heavy atom. The van der Waals surface area contributed by atoms with Gasteiger partial charge in [0.25, 0.3) is 0 Å². The molecule has 5 heteroatoms. The molecule has 0 unspecified atom stereocenters. The molecular formula is C14H8BrNO2S. The largest absolute Gasteiger partial charge is 0.476 e. The van der Waals surface area contributed by atoms with Crippen LogP contribution in [0, 0.1) is 0 Å². The van der Waals surface area contributed by atoms with Gasteiger partial charge in [-0.2, -0.15) is 0 Å². The van der Waals surface area contributed by atoms with E-state index in [1.807, 2.05) is 42.5 Å². The Balaban J connectivity index is 2.21. The average Bonchev–Trinajstić information content (AvgIpc) is 2.80. The summed E-state index contributed by atoms with van der Waals surface area (Å²) in [5.41, 5.74) is 0.964. The highest BCUT2D eigenvalue weighted by atomic mass is 79.9. The van der Waals surface area contributed by atoms with Crippen LogP contribution in [0.15, 0.2) is 46.4 Å². The molecule has 3 rings (SSSR count). The molecule has 0 aliphatic heterocycles. The standard InChI is InChI=1S/C14H8BrNO2S/c15-14-16-11(13(17)18)12(19-14)10-6-5-8-3-1-2-4-9(8)7-10/h1-7H,(H,17,18). The van der Waals surface area contributed by atoms with E-state index in [-0.39, 0.29) is 5.69 Å². The minimum absolute atomic E-state index is 0.0900. The smallest absolute Gasteiger partial charge is 0.356 e. The number of nitrogens with zero attached hydrogens (tertiary/aromatic N) is 1. The summed E-state index contributed by atoms with van der Waals surface area (Å²) in [6, 6.07) is 13.9. The average molecular weight is 334 g/mol. The van der Waals surface area contributed by atoms with E-state index in [0.717, 1.165) is 16.3 Å². The Morgan fingerprint density at radius 2 is 1.89 bits per heavy atom. The second-order valence-electron chi connectivity index (χ2n) is 4.01. The molecule has 1 heterocycles. The number of fused-ring (bicyclic) bond motifs is 1. The quantitative estimate of drug-likeness (QED) is 0.754. The highest BCUT2D eigenvalue weighted by Gasteiger charge is 2.17. The van der Waals surface area contributed by atoms with Gasteiger partial charge in [-0.1, -0.05) is 36.4 Å². The minimum Gasteiger partial charge on any atom is -0.476 e. The lowest BCUT2D eigenvalue weighted by atomic mass is 10.1. The molecule has 19 heavy (non-hydrogen) atoms. The van der Waals surface area contributed by atoms with Crippen LogP contribution < -0.4 is 0 Å². The van der Waals surface area contributed by atoms with E-state index < -0.39 is 5.97 Å². The Hall–Kier alpha value is -1.72. The number of carboxylic acids is 1. The lowest BCUT2D eigenvalue weighted by Gasteiger charge is -2.02. The van der Waals surface area contributed by atoms with Crippen LogP contribution in [0.5, 0.6) is 0 Å². The Bertz CT molecular complexity index is 782. The summed E-state index contributed by atoms with van der Waals surface area (Å²) >= 11 is 4.57. The molecule has 94 valence electrons. The number of hydrogen-bond acceptors (Lipinski definition) is 3. The van der Waals surface area contributed by atoms with Gasteiger partial charge in [0, 0.05) is 0 Å². The molecule has 1 aromatic heterocycles. The van der Waals surface area contributed by atoms with Gasteiger partial charge in [-0.05, 0) is 38.3 Å². The fourth-order valence-electron chi connectivity index (χ4n) is 1.97. The number of carbonyl (C=O) groups is 1. The summed E-state index contributed by atoms with van der Waals surface area (Å²) in [6.45, 7) is 0. The summed E-state index contributed by atoms with van der Waals surface area (Å²) in [5, 5.41) is 11.4. The molecule has 0 atom stereocenters. The van der Waals surface area contributed by atoms with Crippen LogP contribution in [0.25, 0.3) is 21.2 Å². The topological polar surface area (TPSA) is 50.2 Å². The lowest BCUT2D eigenvalue weighted by Crippen LogP contribution is -1.98. The summed E-state index contributed by atoms with van der Waals surface area (Å²) in [4.78, 5) is 15.9. The predicted octanol–water partition coefficient (Wildman–Crippen LogP) is 4.42. The summed E-state index contributed by atoms with van der Waals surface area (Å²) in [7, 11) is 0. The summed E-state index contributed by atoms with van der Waals surface area (Å²) < 4.78 is 0.577. The predicted molar refractivity (Wildman–Crippen MR) is 79.7 cm³/mol. The van der Waals surface area contributed by atoms with E-state index in [4.69, 9.17) is 0 Å². The molecule has 0 radical (unpaired) electrons. The summed E-state index contributed by atoms with van der Waals surface area (Å²) in [6.07, 6.45) is 0. The third-order valence-electron chi connectivity index (χ3n) is 2.82. The second-order valence-corrected chi connectivity index (χ2v) is 6.29. The molecule has 3 nitrogen and oxygen atoms in total. The molecule has 0 bridgehead atoms. The maximum absolute atomic E-state index is 11.2. The van der Waals surface area contributed by atoms with Crippen molar-refractivity contribution < 1.29 is 9.90 Å². The van der Waals surface area contributed by atoms with Gasteiger partial charge in [-0.15, -0.1) is 11.3 Å². The van der Waals surface area contributed by atoms with Crippen molar-refractivity contribution in [3.05, 3.63) is 52.1 Å². The zero-order valence-electron chi connectivity index (χ0n) is 9.63. The molecule has 0 aliphatic rings. The first-order valence-electron chi connectivity index (χ1n) is 5.54. The number of hydrogen-bond donors (Lipinski definition) is 1. The van der Waals surface area contributed by atoms with Crippen molar-refractivity contribution >= 4 is 44.0 Å². The fourth-order valence-corrected chi connectivity index (χ4v) is 3.41. The Morgan fingerprint density at radius 1 is 1.16 bits per heavy atom. The third kappa shape index (κ3) is 2.27.